The van der Waals surface area contributed by atoms with Crippen molar-refractivity contribution in [3.05, 3.63) is 82.4 Å². The van der Waals surface area contributed by atoms with E-state index in [1.54, 1.807) is 42.5 Å². The van der Waals surface area contributed by atoms with E-state index in [-0.39, 0.29) is 0 Å². The van der Waals surface area contributed by atoms with E-state index in [2.05, 4.69) is 17.2 Å². The second kappa shape index (κ2) is 10.7. The Morgan fingerprint density at radius 1 is 0.968 bits per heavy atom. The van der Waals surface area contributed by atoms with Crippen molar-refractivity contribution >= 4 is 28.9 Å². The third-order valence-electron chi connectivity index (χ3n) is 4.66. The minimum Gasteiger partial charge on any atom is -0.494 e. The first-order chi connectivity index (χ1) is 15.0. The van der Waals surface area contributed by atoms with Gasteiger partial charge in [0.1, 0.15) is 17.2 Å². The molecule has 0 radical (unpaired) electrons. The van der Waals surface area contributed by atoms with Gasteiger partial charge in [-0.3, -0.25) is 0 Å². The number of azo groups is 1. The van der Waals surface area contributed by atoms with E-state index < -0.39 is 5.97 Å². The molecule has 0 aliphatic carbocycles. The zero-order valence-corrected chi connectivity index (χ0v) is 18.6. The first-order valence-corrected chi connectivity index (χ1v) is 10.6. The van der Waals surface area contributed by atoms with E-state index in [9.17, 15) is 4.79 Å². The number of carbonyl (C=O) groups is 1. The van der Waals surface area contributed by atoms with E-state index in [0.29, 0.717) is 34.3 Å². The number of aryl methyl sites for hydroxylation is 2. The molecule has 5 nitrogen and oxygen atoms in total. The van der Waals surface area contributed by atoms with Crippen molar-refractivity contribution < 1.29 is 14.3 Å². The van der Waals surface area contributed by atoms with Gasteiger partial charge in [-0.25, -0.2) is 4.79 Å². The molecule has 3 aromatic carbocycles. The van der Waals surface area contributed by atoms with Crippen LogP contribution in [0.1, 0.15) is 41.3 Å². The molecular formula is C25H25ClN2O3. The summed E-state index contributed by atoms with van der Waals surface area (Å²) in [5.74, 6) is 0.787. The number of rotatable bonds is 8. The fourth-order valence-corrected chi connectivity index (χ4v) is 2.98. The summed E-state index contributed by atoms with van der Waals surface area (Å²) in [6.07, 6.45) is 2.07. The lowest BCUT2D eigenvalue weighted by Gasteiger charge is -2.09. The van der Waals surface area contributed by atoms with Crippen LogP contribution in [0.2, 0.25) is 5.02 Å². The SMILES string of the molecule is CCCCOc1ccc(C(=O)Oc2ccc(N=Nc3cccc(C)c3Cl)cc2C)cc1. The first-order valence-electron chi connectivity index (χ1n) is 10.2. The summed E-state index contributed by atoms with van der Waals surface area (Å²) >= 11 is 6.25. The molecule has 0 spiro atoms. The maximum absolute atomic E-state index is 12.5. The highest BCUT2D eigenvalue weighted by atomic mass is 35.5. The van der Waals surface area contributed by atoms with Gasteiger partial charge in [-0.1, -0.05) is 37.1 Å². The molecule has 0 amide bonds. The average Bonchev–Trinajstić information content (AvgIpc) is 2.77. The number of carbonyl (C=O) groups excluding carboxylic acids is 1. The van der Waals surface area contributed by atoms with Gasteiger partial charge in [-0.15, -0.1) is 5.11 Å². The molecule has 0 aliphatic heterocycles. The molecule has 0 saturated carbocycles. The van der Waals surface area contributed by atoms with Gasteiger partial charge in [0.2, 0.25) is 0 Å². The van der Waals surface area contributed by atoms with Crippen LogP contribution in [0.15, 0.2) is 70.9 Å². The van der Waals surface area contributed by atoms with E-state index >= 15 is 0 Å². The van der Waals surface area contributed by atoms with Crippen LogP contribution in [0.4, 0.5) is 11.4 Å². The fraction of sp³-hybridized carbons (Fsp3) is 0.240. The molecule has 0 bridgehead atoms. The quantitative estimate of drug-likeness (QED) is 0.157. The monoisotopic (exact) mass is 436 g/mol. The zero-order chi connectivity index (χ0) is 22.2. The summed E-state index contributed by atoms with van der Waals surface area (Å²) in [7, 11) is 0. The Morgan fingerprint density at radius 3 is 2.45 bits per heavy atom. The van der Waals surface area contributed by atoms with Crippen LogP contribution in [0.3, 0.4) is 0 Å². The first kappa shape index (κ1) is 22.5. The second-order valence-electron chi connectivity index (χ2n) is 7.17. The van der Waals surface area contributed by atoms with E-state index in [0.717, 1.165) is 29.7 Å². The van der Waals surface area contributed by atoms with E-state index in [4.69, 9.17) is 21.1 Å². The highest BCUT2D eigenvalue weighted by Gasteiger charge is 2.11. The molecular weight excluding hydrogens is 412 g/mol. The Balaban J connectivity index is 1.65. The number of hydrogen-bond acceptors (Lipinski definition) is 5. The number of hydrogen-bond donors (Lipinski definition) is 0. The predicted octanol–water partition coefficient (Wildman–Crippen LogP) is 7.77. The standard InChI is InChI=1S/C25H25ClN2O3/c1-4-5-15-30-21-12-9-19(10-13-21)25(29)31-23-14-11-20(16-18(23)3)27-28-22-8-6-7-17(2)24(22)26/h6-14,16H,4-5,15H2,1-3H3. The maximum Gasteiger partial charge on any atom is 0.343 e. The molecule has 6 heteroatoms. The van der Waals surface area contributed by atoms with Crippen molar-refractivity contribution in [2.45, 2.75) is 33.6 Å². The van der Waals surface area contributed by atoms with Crippen LogP contribution in [0, 0.1) is 13.8 Å². The molecule has 0 unspecified atom stereocenters. The van der Waals surface area contributed by atoms with Crippen LogP contribution in [-0.2, 0) is 0 Å². The van der Waals surface area contributed by atoms with Crippen molar-refractivity contribution in [3.63, 3.8) is 0 Å². The number of nitrogens with zero attached hydrogens (tertiary/aromatic N) is 2. The van der Waals surface area contributed by atoms with E-state index in [1.165, 1.54) is 0 Å². The third-order valence-corrected chi connectivity index (χ3v) is 5.15. The number of esters is 1. The Bertz CT molecular complexity index is 1080. The van der Waals surface area contributed by atoms with Crippen molar-refractivity contribution in [1.82, 2.24) is 0 Å². The van der Waals surface area contributed by atoms with Crippen molar-refractivity contribution in [3.8, 4) is 11.5 Å². The average molecular weight is 437 g/mol. The molecule has 3 rings (SSSR count). The summed E-state index contributed by atoms with van der Waals surface area (Å²) in [6, 6.07) is 17.8. The van der Waals surface area contributed by atoms with Gasteiger partial charge in [0.05, 0.1) is 22.9 Å². The Labute approximate surface area is 187 Å². The normalized spacial score (nSPS) is 11.0. The summed E-state index contributed by atoms with van der Waals surface area (Å²) < 4.78 is 11.2. The zero-order valence-electron chi connectivity index (χ0n) is 17.9. The summed E-state index contributed by atoms with van der Waals surface area (Å²) in [5, 5.41) is 9.05. The Hall–Kier alpha value is -3.18. The van der Waals surface area contributed by atoms with Gasteiger partial charge in [-0.2, -0.15) is 5.11 Å². The molecule has 160 valence electrons. The minimum atomic E-state index is -0.427. The molecule has 0 fully saturated rings. The van der Waals surface area contributed by atoms with Gasteiger partial charge >= 0.3 is 5.97 Å². The van der Waals surface area contributed by atoms with Crippen molar-refractivity contribution in [1.29, 1.82) is 0 Å². The van der Waals surface area contributed by atoms with E-state index in [1.807, 2.05) is 32.0 Å². The number of unbranched alkanes of at least 4 members (excludes halogenated alkanes) is 1. The molecule has 0 N–H and O–H groups in total. The predicted molar refractivity (Wildman–Crippen MR) is 123 cm³/mol. The van der Waals surface area contributed by atoms with Gasteiger partial charge < -0.3 is 9.47 Å². The maximum atomic E-state index is 12.5. The summed E-state index contributed by atoms with van der Waals surface area (Å²) in [4.78, 5) is 12.5. The lowest BCUT2D eigenvalue weighted by molar-refractivity contribution is 0.0733. The third kappa shape index (κ3) is 6.15. The molecule has 0 aromatic heterocycles. The highest BCUT2D eigenvalue weighted by molar-refractivity contribution is 6.33. The van der Waals surface area contributed by atoms with Crippen molar-refractivity contribution in [2.24, 2.45) is 10.2 Å². The number of ether oxygens (including phenoxy) is 2. The van der Waals surface area contributed by atoms with Crippen LogP contribution in [0.5, 0.6) is 11.5 Å². The van der Waals surface area contributed by atoms with Crippen LogP contribution >= 0.6 is 11.6 Å². The molecule has 0 atom stereocenters. The van der Waals surface area contributed by atoms with Gasteiger partial charge in [-0.05, 0) is 79.9 Å². The lowest BCUT2D eigenvalue weighted by Crippen LogP contribution is -2.09. The largest absolute Gasteiger partial charge is 0.494 e. The van der Waals surface area contributed by atoms with Gasteiger partial charge in [0.15, 0.2) is 0 Å². The van der Waals surface area contributed by atoms with Gasteiger partial charge in [0, 0.05) is 0 Å². The topological polar surface area (TPSA) is 60.2 Å². The molecule has 0 aliphatic rings. The second-order valence-corrected chi connectivity index (χ2v) is 7.55. The number of benzene rings is 3. The molecule has 0 saturated heterocycles. The Kier molecular flexibility index (Phi) is 7.79. The minimum absolute atomic E-state index is 0.427. The lowest BCUT2D eigenvalue weighted by atomic mass is 10.2. The van der Waals surface area contributed by atoms with Crippen LogP contribution < -0.4 is 9.47 Å². The molecule has 31 heavy (non-hydrogen) atoms. The van der Waals surface area contributed by atoms with Gasteiger partial charge in [0.25, 0.3) is 0 Å². The fourth-order valence-electron chi connectivity index (χ4n) is 2.81. The molecule has 0 heterocycles. The molecule has 3 aromatic rings. The van der Waals surface area contributed by atoms with Crippen LogP contribution in [0.25, 0.3) is 0 Å². The highest BCUT2D eigenvalue weighted by Crippen LogP contribution is 2.31. The summed E-state index contributed by atoms with van der Waals surface area (Å²) in [5.41, 5.74) is 3.43. The smallest absolute Gasteiger partial charge is 0.343 e. The summed E-state index contributed by atoms with van der Waals surface area (Å²) in [6.45, 7) is 6.55. The van der Waals surface area contributed by atoms with Crippen molar-refractivity contribution in [2.75, 3.05) is 6.61 Å². The Morgan fingerprint density at radius 2 is 1.74 bits per heavy atom. The number of halogens is 1. The van der Waals surface area contributed by atoms with Crippen LogP contribution in [-0.4, -0.2) is 12.6 Å².